The molecule has 4 heteroatoms. The third-order valence-electron chi connectivity index (χ3n) is 3.30. The molecule has 1 unspecified atom stereocenters. The highest BCUT2D eigenvalue weighted by atomic mass is 16.2. The van der Waals surface area contributed by atoms with Crippen molar-refractivity contribution in [3.05, 3.63) is 0 Å². The Kier molecular flexibility index (Phi) is 4.95. The van der Waals surface area contributed by atoms with Gasteiger partial charge in [0.15, 0.2) is 0 Å². The van der Waals surface area contributed by atoms with Crippen LogP contribution in [0.3, 0.4) is 0 Å². The number of nitrogens with two attached hydrogens (primary N) is 1. The molecule has 0 radical (unpaired) electrons. The molecule has 0 aromatic rings. The summed E-state index contributed by atoms with van der Waals surface area (Å²) in [4.78, 5) is 16.3. The van der Waals surface area contributed by atoms with Gasteiger partial charge in [-0.15, -0.1) is 0 Å². The molecule has 1 amide bonds. The molecule has 1 saturated heterocycles. The fraction of sp³-hybridized carbons (Fsp3) is 0.923. The Balaban J connectivity index is 2.40. The lowest BCUT2D eigenvalue weighted by atomic mass is 10.1. The minimum Gasteiger partial charge on any atom is -0.341 e. The second-order valence-corrected chi connectivity index (χ2v) is 5.89. The van der Waals surface area contributed by atoms with Crippen LogP contribution in [0, 0.1) is 5.92 Å². The number of rotatable bonds is 5. The molecule has 1 fully saturated rings. The Morgan fingerprint density at radius 2 is 2.18 bits per heavy atom. The summed E-state index contributed by atoms with van der Waals surface area (Å²) in [5, 5.41) is 0. The molecular formula is C13H27N3O. The Labute approximate surface area is 105 Å². The molecule has 17 heavy (non-hydrogen) atoms. The lowest BCUT2D eigenvalue weighted by molar-refractivity contribution is -0.134. The Hall–Kier alpha value is -0.610. The summed E-state index contributed by atoms with van der Waals surface area (Å²) < 4.78 is 0. The van der Waals surface area contributed by atoms with Crippen molar-refractivity contribution < 1.29 is 4.79 Å². The fourth-order valence-corrected chi connectivity index (χ4v) is 2.49. The number of carbonyl (C=O) groups is 1. The molecule has 1 aliphatic heterocycles. The monoisotopic (exact) mass is 241 g/mol. The zero-order valence-electron chi connectivity index (χ0n) is 11.7. The highest BCUT2D eigenvalue weighted by molar-refractivity contribution is 5.85. The minimum atomic E-state index is -0.732. The molecule has 100 valence electrons. The highest BCUT2D eigenvalue weighted by Crippen LogP contribution is 2.19. The van der Waals surface area contributed by atoms with Crippen molar-refractivity contribution in [1.82, 2.24) is 9.80 Å². The molecule has 0 bridgehead atoms. The van der Waals surface area contributed by atoms with Gasteiger partial charge in [0.1, 0.15) is 0 Å². The third kappa shape index (κ3) is 4.28. The van der Waals surface area contributed by atoms with Crippen LogP contribution in [0.5, 0.6) is 0 Å². The van der Waals surface area contributed by atoms with Gasteiger partial charge in [0.2, 0.25) is 5.91 Å². The zero-order valence-corrected chi connectivity index (χ0v) is 11.7. The van der Waals surface area contributed by atoms with E-state index < -0.39 is 5.54 Å². The van der Waals surface area contributed by atoms with Crippen molar-refractivity contribution in [2.24, 2.45) is 11.7 Å². The molecule has 0 spiro atoms. The lowest BCUT2D eigenvalue weighted by Gasteiger charge is -2.26. The molecule has 0 saturated carbocycles. The van der Waals surface area contributed by atoms with E-state index in [1.54, 1.807) is 13.8 Å². The molecule has 1 aliphatic rings. The number of carbonyl (C=O) groups excluding carboxylic acids is 1. The molecule has 0 aromatic heterocycles. The van der Waals surface area contributed by atoms with Crippen LogP contribution in [0.1, 0.15) is 33.6 Å². The van der Waals surface area contributed by atoms with Gasteiger partial charge in [-0.05, 0) is 46.2 Å². The van der Waals surface area contributed by atoms with Crippen molar-refractivity contribution in [2.45, 2.75) is 39.2 Å². The maximum Gasteiger partial charge on any atom is 0.242 e. The SMILES string of the molecule is CCCN(C)CC1CCN(C(=O)C(C)(C)N)C1. The zero-order chi connectivity index (χ0) is 13.1. The van der Waals surface area contributed by atoms with E-state index in [-0.39, 0.29) is 5.91 Å². The van der Waals surface area contributed by atoms with Crippen LogP contribution in [-0.4, -0.2) is 54.5 Å². The Bertz CT molecular complexity index is 260. The lowest BCUT2D eigenvalue weighted by Crippen LogP contribution is -2.50. The van der Waals surface area contributed by atoms with Crippen molar-refractivity contribution >= 4 is 5.91 Å². The number of hydrogen-bond acceptors (Lipinski definition) is 3. The minimum absolute atomic E-state index is 0.0816. The standard InChI is InChI=1S/C13H27N3O/c1-5-7-15(4)9-11-6-8-16(10-11)12(17)13(2,3)14/h11H,5-10,14H2,1-4H3. The number of amides is 1. The first-order valence-electron chi connectivity index (χ1n) is 6.61. The van der Waals surface area contributed by atoms with E-state index in [2.05, 4.69) is 18.9 Å². The van der Waals surface area contributed by atoms with Gasteiger partial charge in [-0.3, -0.25) is 4.79 Å². The predicted octanol–water partition coefficient (Wildman–Crippen LogP) is 0.914. The molecule has 1 rings (SSSR count). The van der Waals surface area contributed by atoms with Gasteiger partial charge in [-0.2, -0.15) is 0 Å². The van der Waals surface area contributed by atoms with Crippen molar-refractivity contribution in [3.63, 3.8) is 0 Å². The molecule has 2 N–H and O–H groups in total. The van der Waals surface area contributed by atoms with Crippen LogP contribution >= 0.6 is 0 Å². The van der Waals surface area contributed by atoms with Crippen LogP contribution < -0.4 is 5.73 Å². The summed E-state index contributed by atoms with van der Waals surface area (Å²) in [5.74, 6) is 0.691. The average Bonchev–Trinajstić information content (AvgIpc) is 2.63. The van der Waals surface area contributed by atoms with E-state index in [1.807, 2.05) is 4.90 Å². The number of likely N-dealkylation sites (tertiary alicyclic amines) is 1. The second kappa shape index (κ2) is 5.83. The van der Waals surface area contributed by atoms with Crippen LogP contribution in [0.4, 0.5) is 0 Å². The van der Waals surface area contributed by atoms with Gasteiger partial charge in [0, 0.05) is 19.6 Å². The van der Waals surface area contributed by atoms with Crippen molar-refractivity contribution in [3.8, 4) is 0 Å². The highest BCUT2D eigenvalue weighted by Gasteiger charge is 2.33. The summed E-state index contributed by atoms with van der Waals surface area (Å²) in [6, 6.07) is 0. The van der Waals surface area contributed by atoms with E-state index in [4.69, 9.17) is 5.73 Å². The van der Waals surface area contributed by atoms with Crippen LogP contribution in [0.2, 0.25) is 0 Å². The Morgan fingerprint density at radius 1 is 1.53 bits per heavy atom. The van der Waals surface area contributed by atoms with E-state index in [0.29, 0.717) is 5.92 Å². The van der Waals surface area contributed by atoms with Gasteiger partial charge < -0.3 is 15.5 Å². The maximum absolute atomic E-state index is 12.0. The number of nitrogens with zero attached hydrogens (tertiary/aromatic N) is 2. The van der Waals surface area contributed by atoms with Crippen LogP contribution in [0.15, 0.2) is 0 Å². The van der Waals surface area contributed by atoms with Crippen LogP contribution in [0.25, 0.3) is 0 Å². The second-order valence-electron chi connectivity index (χ2n) is 5.89. The average molecular weight is 241 g/mol. The molecule has 1 heterocycles. The molecule has 4 nitrogen and oxygen atoms in total. The van der Waals surface area contributed by atoms with Gasteiger partial charge in [-0.1, -0.05) is 6.92 Å². The van der Waals surface area contributed by atoms with Crippen molar-refractivity contribution in [1.29, 1.82) is 0 Å². The van der Waals surface area contributed by atoms with Gasteiger partial charge in [0.25, 0.3) is 0 Å². The largest absolute Gasteiger partial charge is 0.341 e. The maximum atomic E-state index is 12.0. The van der Waals surface area contributed by atoms with Gasteiger partial charge >= 0.3 is 0 Å². The summed E-state index contributed by atoms with van der Waals surface area (Å²) in [7, 11) is 2.15. The first-order chi connectivity index (χ1) is 7.84. The van der Waals surface area contributed by atoms with Gasteiger partial charge in [0.05, 0.1) is 5.54 Å². The van der Waals surface area contributed by atoms with Crippen LogP contribution in [-0.2, 0) is 4.79 Å². The Morgan fingerprint density at radius 3 is 2.71 bits per heavy atom. The summed E-state index contributed by atoms with van der Waals surface area (Å²) in [6.45, 7) is 9.71. The molecule has 0 aliphatic carbocycles. The smallest absolute Gasteiger partial charge is 0.242 e. The summed E-state index contributed by atoms with van der Waals surface area (Å²) in [6.07, 6.45) is 2.29. The van der Waals surface area contributed by atoms with E-state index in [0.717, 1.165) is 32.6 Å². The topological polar surface area (TPSA) is 49.6 Å². The summed E-state index contributed by atoms with van der Waals surface area (Å²) >= 11 is 0. The fourth-order valence-electron chi connectivity index (χ4n) is 2.49. The van der Waals surface area contributed by atoms with Gasteiger partial charge in [-0.25, -0.2) is 0 Å². The molecule has 1 atom stereocenters. The first-order valence-corrected chi connectivity index (χ1v) is 6.61. The quantitative estimate of drug-likeness (QED) is 0.778. The normalized spacial score (nSPS) is 21.3. The van der Waals surface area contributed by atoms with E-state index in [9.17, 15) is 4.79 Å². The van der Waals surface area contributed by atoms with E-state index >= 15 is 0 Å². The first kappa shape index (κ1) is 14.5. The van der Waals surface area contributed by atoms with E-state index in [1.165, 1.54) is 6.42 Å². The predicted molar refractivity (Wildman–Crippen MR) is 70.7 cm³/mol. The molecular weight excluding hydrogens is 214 g/mol. The third-order valence-corrected chi connectivity index (χ3v) is 3.30. The summed E-state index contributed by atoms with van der Waals surface area (Å²) in [5.41, 5.74) is 5.12. The molecule has 0 aromatic carbocycles. The van der Waals surface area contributed by atoms with Crippen molar-refractivity contribution in [2.75, 3.05) is 33.2 Å². The number of hydrogen-bond donors (Lipinski definition) is 1.